The monoisotopic (exact) mass is 395 g/mol. The van der Waals surface area contributed by atoms with E-state index in [2.05, 4.69) is 27.6 Å². The van der Waals surface area contributed by atoms with Gasteiger partial charge in [0, 0.05) is 20.4 Å². The molecule has 0 saturated carbocycles. The Hall–Kier alpha value is -0.860. The predicted molar refractivity (Wildman–Crippen MR) is 76.5 cm³/mol. The Labute approximate surface area is 123 Å². The molecule has 0 saturated heterocycles. The standard InChI is InChI=1S/C11H7ClINO3S/c12-18(15,16)10-2-1-7-14-11(10)17-9-5-3-8(13)4-6-9/h1-7H. The summed E-state index contributed by atoms with van der Waals surface area (Å²) in [7, 11) is 1.43. The van der Waals surface area contributed by atoms with Gasteiger partial charge in [0.2, 0.25) is 5.88 Å². The van der Waals surface area contributed by atoms with E-state index >= 15 is 0 Å². The highest BCUT2D eigenvalue weighted by molar-refractivity contribution is 14.1. The van der Waals surface area contributed by atoms with Crippen molar-refractivity contribution in [1.82, 2.24) is 4.98 Å². The third-order valence-corrected chi connectivity index (χ3v) is 4.08. The Morgan fingerprint density at radius 3 is 2.44 bits per heavy atom. The number of rotatable bonds is 3. The molecule has 0 aliphatic heterocycles. The number of nitrogens with zero attached hydrogens (tertiary/aromatic N) is 1. The second kappa shape index (κ2) is 5.41. The number of pyridine rings is 1. The van der Waals surface area contributed by atoms with E-state index in [4.69, 9.17) is 15.4 Å². The van der Waals surface area contributed by atoms with E-state index in [0.717, 1.165) is 3.57 Å². The molecule has 1 aromatic carbocycles. The number of ether oxygens (including phenoxy) is 1. The van der Waals surface area contributed by atoms with Gasteiger partial charge in [-0.15, -0.1) is 0 Å². The molecule has 1 aromatic heterocycles. The fourth-order valence-corrected chi connectivity index (χ4v) is 2.51. The summed E-state index contributed by atoms with van der Waals surface area (Å²) in [5.41, 5.74) is 0. The molecule has 0 atom stereocenters. The van der Waals surface area contributed by atoms with Crippen LogP contribution in [0.3, 0.4) is 0 Å². The molecule has 0 amide bonds. The summed E-state index contributed by atoms with van der Waals surface area (Å²) in [6.45, 7) is 0. The molecule has 4 nitrogen and oxygen atoms in total. The van der Waals surface area contributed by atoms with Crippen LogP contribution in [0, 0.1) is 3.57 Å². The van der Waals surface area contributed by atoms with Gasteiger partial charge in [0.25, 0.3) is 9.05 Å². The fraction of sp³-hybridized carbons (Fsp3) is 0. The molecule has 7 heteroatoms. The summed E-state index contributed by atoms with van der Waals surface area (Å²) in [5, 5.41) is 0. The zero-order valence-corrected chi connectivity index (χ0v) is 12.6. The van der Waals surface area contributed by atoms with Crippen LogP contribution in [0.1, 0.15) is 0 Å². The van der Waals surface area contributed by atoms with Crippen molar-refractivity contribution < 1.29 is 13.2 Å². The lowest BCUT2D eigenvalue weighted by atomic mass is 10.3. The Balaban J connectivity index is 2.38. The third kappa shape index (κ3) is 3.33. The molecule has 94 valence electrons. The number of hydrogen-bond donors (Lipinski definition) is 0. The van der Waals surface area contributed by atoms with Crippen LogP contribution in [0.15, 0.2) is 47.5 Å². The fourth-order valence-electron chi connectivity index (χ4n) is 1.25. The first-order chi connectivity index (χ1) is 8.47. The summed E-state index contributed by atoms with van der Waals surface area (Å²) < 4.78 is 29.1. The molecule has 2 rings (SSSR count). The van der Waals surface area contributed by atoms with Crippen LogP contribution in [0.5, 0.6) is 11.6 Å². The smallest absolute Gasteiger partial charge is 0.266 e. The maximum absolute atomic E-state index is 11.3. The van der Waals surface area contributed by atoms with E-state index in [9.17, 15) is 8.42 Å². The summed E-state index contributed by atoms with van der Waals surface area (Å²) >= 11 is 2.16. The van der Waals surface area contributed by atoms with Gasteiger partial charge in [-0.1, -0.05) is 0 Å². The summed E-state index contributed by atoms with van der Waals surface area (Å²) in [6.07, 6.45) is 1.44. The van der Waals surface area contributed by atoms with Gasteiger partial charge in [-0.05, 0) is 59.0 Å². The van der Waals surface area contributed by atoms with E-state index < -0.39 is 9.05 Å². The van der Waals surface area contributed by atoms with Gasteiger partial charge in [0.05, 0.1) is 0 Å². The molecule has 2 aromatic rings. The molecule has 18 heavy (non-hydrogen) atoms. The highest BCUT2D eigenvalue weighted by atomic mass is 127. The van der Waals surface area contributed by atoms with E-state index in [1.807, 2.05) is 12.1 Å². The van der Waals surface area contributed by atoms with Crippen molar-refractivity contribution in [2.45, 2.75) is 4.90 Å². The molecular formula is C11H7ClINO3S. The Bertz CT molecular complexity index is 658. The van der Waals surface area contributed by atoms with Crippen molar-refractivity contribution in [2.75, 3.05) is 0 Å². The minimum absolute atomic E-state index is 0.0336. The van der Waals surface area contributed by atoms with Crippen LogP contribution in [-0.4, -0.2) is 13.4 Å². The highest BCUT2D eigenvalue weighted by Crippen LogP contribution is 2.28. The largest absolute Gasteiger partial charge is 0.438 e. The minimum Gasteiger partial charge on any atom is -0.438 e. The Kier molecular flexibility index (Phi) is 4.08. The summed E-state index contributed by atoms with van der Waals surface area (Å²) in [4.78, 5) is 3.73. The molecule has 0 fully saturated rings. The maximum atomic E-state index is 11.3. The molecule has 0 bridgehead atoms. The van der Waals surface area contributed by atoms with Crippen LogP contribution < -0.4 is 4.74 Å². The van der Waals surface area contributed by atoms with Crippen LogP contribution in [-0.2, 0) is 9.05 Å². The van der Waals surface area contributed by atoms with Crippen molar-refractivity contribution in [3.8, 4) is 11.6 Å². The lowest BCUT2D eigenvalue weighted by Crippen LogP contribution is -1.97. The second-order valence-electron chi connectivity index (χ2n) is 3.30. The molecular weight excluding hydrogens is 389 g/mol. The lowest BCUT2D eigenvalue weighted by Gasteiger charge is -2.07. The van der Waals surface area contributed by atoms with Gasteiger partial charge in [-0.3, -0.25) is 0 Å². The van der Waals surface area contributed by atoms with Crippen molar-refractivity contribution in [3.63, 3.8) is 0 Å². The van der Waals surface area contributed by atoms with Crippen LogP contribution in [0.4, 0.5) is 0 Å². The van der Waals surface area contributed by atoms with E-state index in [1.54, 1.807) is 12.1 Å². The average molecular weight is 396 g/mol. The van der Waals surface area contributed by atoms with Crippen molar-refractivity contribution >= 4 is 42.3 Å². The first-order valence-electron chi connectivity index (χ1n) is 4.80. The molecule has 0 spiro atoms. The Morgan fingerprint density at radius 2 is 1.83 bits per heavy atom. The van der Waals surface area contributed by atoms with E-state index in [1.165, 1.54) is 18.3 Å². The van der Waals surface area contributed by atoms with Gasteiger partial charge < -0.3 is 4.74 Å². The summed E-state index contributed by atoms with van der Waals surface area (Å²) in [5.74, 6) is 0.462. The zero-order valence-electron chi connectivity index (χ0n) is 8.88. The zero-order chi connectivity index (χ0) is 13.2. The normalized spacial score (nSPS) is 11.2. The first kappa shape index (κ1) is 13.6. The van der Waals surface area contributed by atoms with Gasteiger partial charge in [0.15, 0.2) is 0 Å². The third-order valence-electron chi connectivity index (χ3n) is 2.03. The minimum atomic E-state index is -3.88. The number of hydrogen-bond acceptors (Lipinski definition) is 4. The number of benzene rings is 1. The van der Waals surface area contributed by atoms with Crippen molar-refractivity contribution in [3.05, 3.63) is 46.2 Å². The quantitative estimate of drug-likeness (QED) is 0.590. The van der Waals surface area contributed by atoms with Crippen LogP contribution >= 0.6 is 33.3 Å². The Morgan fingerprint density at radius 1 is 1.17 bits per heavy atom. The van der Waals surface area contributed by atoms with Crippen LogP contribution in [0.25, 0.3) is 0 Å². The SMILES string of the molecule is O=S(=O)(Cl)c1cccnc1Oc1ccc(I)cc1. The van der Waals surface area contributed by atoms with E-state index in [-0.39, 0.29) is 10.8 Å². The molecule has 0 radical (unpaired) electrons. The maximum Gasteiger partial charge on any atom is 0.266 e. The molecule has 0 N–H and O–H groups in total. The number of halogens is 2. The average Bonchev–Trinajstić information content (AvgIpc) is 2.31. The van der Waals surface area contributed by atoms with Crippen molar-refractivity contribution in [2.24, 2.45) is 0 Å². The summed E-state index contributed by atoms with van der Waals surface area (Å²) in [6, 6.07) is 9.96. The second-order valence-corrected chi connectivity index (χ2v) is 7.08. The molecule has 0 aliphatic rings. The first-order valence-corrected chi connectivity index (χ1v) is 8.19. The number of aromatic nitrogens is 1. The van der Waals surface area contributed by atoms with Crippen LogP contribution in [0.2, 0.25) is 0 Å². The van der Waals surface area contributed by atoms with E-state index in [0.29, 0.717) is 5.75 Å². The van der Waals surface area contributed by atoms with Gasteiger partial charge in [0.1, 0.15) is 10.6 Å². The van der Waals surface area contributed by atoms with Gasteiger partial charge in [-0.2, -0.15) is 0 Å². The molecule has 0 aliphatic carbocycles. The van der Waals surface area contributed by atoms with Crippen molar-refractivity contribution in [1.29, 1.82) is 0 Å². The topological polar surface area (TPSA) is 56.3 Å². The van der Waals surface area contributed by atoms with Gasteiger partial charge >= 0.3 is 0 Å². The van der Waals surface area contributed by atoms with Gasteiger partial charge in [-0.25, -0.2) is 13.4 Å². The highest BCUT2D eigenvalue weighted by Gasteiger charge is 2.18. The molecule has 1 heterocycles. The molecule has 0 unspecified atom stereocenters. The predicted octanol–water partition coefficient (Wildman–Crippen LogP) is 3.41. The lowest BCUT2D eigenvalue weighted by molar-refractivity contribution is 0.448.